The lowest BCUT2D eigenvalue weighted by Crippen LogP contribution is -2.46. The molecule has 4 rings (SSSR count). The number of ether oxygens (including phenoxy) is 3. The van der Waals surface area contributed by atoms with Crippen LogP contribution in [0.1, 0.15) is 42.8 Å². The van der Waals surface area contributed by atoms with Crippen LogP contribution in [0.15, 0.2) is 40.9 Å². The molecule has 0 saturated carbocycles. The summed E-state index contributed by atoms with van der Waals surface area (Å²) in [6.07, 6.45) is -1.89. The first-order chi connectivity index (χ1) is 19.6. The van der Waals surface area contributed by atoms with Gasteiger partial charge in [-0.3, -0.25) is 9.59 Å². The van der Waals surface area contributed by atoms with E-state index in [1.54, 1.807) is 35.2 Å². The van der Waals surface area contributed by atoms with Crippen molar-refractivity contribution in [1.29, 1.82) is 0 Å². The molecule has 2 atom stereocenters. The lowest BCUT2D eigenvalue weighted by molar-refractivity contribution is -0.134. The molecule has 41 heavy (non-hydrogen) atoms. The van der Waals surface area contributed by atoms with Crippen LogP contribution in [-0.2, 0) is 26.5 Å². The fraction of sp³-hybridized carbons (Fsp3) is 0.429. The monoisotopic (exact) mass is 605 g/mol. The van der Waals surface area contributed by atoms with Gasteiger partial charge < -0.3 is 33.8 Å². The predicted octanol–water partition coefficient (Wildman–Crippen LogP) is 4.14. The average molecular weight is 606 g/mol. The Hall–Kier alpha value is -3.32. The zero-order chi connectivity index (χ0) is 29.7. The summed E-state index contributed by atoms with van der Waals surface area (Å²) < 4.78 is 23.1. The van der Waals surface area contributed by atoms with Crippen LogP contribution in [0.25, 0.3) is 0 Å². The van der Waals surface area contributed by atoms with Crippen LogP contribution in [0.2, 0.25) is 5.02 Å². The third kappa shape index (κ3) is 7.13. The van der Waals surface area contributed by atoms with Crippen molar-refractivity contribution in [3.63, 3.8) is 0 Å². The van der Waals surface area contributed by atoms with Crippen LogP contribution in [0.5, 0.6) is 11.5 Å². The molecular formula is C28H32ClN3O8S. The molecule has 3 aromatic rings. The van der Waals surface area contributed by atoms with Gasteiger partial charge in [-0.2, -0.15) is 4.98 Å². The van der Waals surface area contributed by atoms with Gasteiger partial charge in [0.1, 0.15) is 12.2 Å². The summed E-state index contributed by atoms with van der Waals surface area (Å²) >= 11 is 7.58. The molecule has 0 saturated heterocycles. The van der Waals surface area contributed by atoms with Crippen molar-refractivity contribution in [3.05, 3.63) is 64.3 Å². The van der Waals surface area contributed by atoms with Gasteiger partial charge in [0.25, 0.3) is 5.91 Å². The molecule has 13 heteroatoms. The predicted molar refractivity (Wildman–Crippen MR) is 153 cm³/mol. The Bertz CT molecular complexity index is 1400. The molecule has 1 aliphatic rings. The minimum absolute atomic E-state index is 0.0213. The van der Waals surface area contributed by atoms with Crippen molar-refractivity contribution in [3.8, 4) is 11.5 Å². The topological polar surface area (TPSA) is 144 Å². The summed E-state index contributed by atoms with van der Waals surface area (Å²) in [7, 11) is 3.06. The molecule has 1 aliphatic heterocycles. The van der Waals surface area contributed by atoms with Crippen LogP contribution in [0, 0.1) is 5.41 Å². The quantitative estimate of drug-likeness (QED) is 0.307. The second kappa shape index (κ2) is 13.1. The molecule has 0 unspecified atom stereocenters. The molecule has 0 radical (unpaired) electrons. The molecule has 1 amide bonds. The summed E-state index contributed by atoms with van der Waals surface area (Å²) in [6.45, 7) is 3.77. The minimum atomic E-state index is -1.06. The maximum Gasteiger partial charge on any atom is 0.313 e. The number of hydrogen-bond acceptors (Lipinski definition) is 10. The van der Waals surface area contributed by atoms with Crippen molar-refractivity contribution in [2.75, 3.05) is 38.0 Å². The number of nitrogens with zero attached hydrogens (tertiary/aromatic N) is 3. The number of methoxy groups -OCH3 is 2. The van der Waals surface area contributed by atoms with Crippen LogP contribution in [0.4, 0.5) is 5.69 Å². The highest BCUT2D eigenvalue weighted by molar-refractivity contribution is 7.99. The Labute approximate surface area is 246 Å². The maximum absolute atomic E-state index is 14.2. The van der Waals surface area contributed by atoms with E-state index >= 15 is 0 Å². The van der Waals surface area contributed by atoms with Gasteiger partial charge in [0, 0.05) is 46.8 Å². The number of amides is 1. The first-order valence-corrected chi connectivity index (χ1v) is 14.3. The number of carbonyl (C=O) groups excluding carboxylic acids is 1. The van der Waals surface area contributed by atoms with Gasteiger partial charge in [-0.1, -0.05) is 42.7 Å². The Morgan fingerprint density at radius 2 is 1.98 bits per heavy atom. The SMILES string of the molecule is COc1cccc([C@H]2O[C@H](Cc3noc(CSCC(=O)O)n3)C(=O)N(CC(C)(C)CO)c3ccc(Cl)cc32)c1OC. The number of aliphatic carboxylic acids is 1. The molecule has 2 aromatic carbocycles. The number of aliphatic hydroxyl groups excluding tert-OH is 1. The second-order valence-corrected chi connectivity index (χ2v) is 11.7. The molecule has 0 fully saturated rings. The zero-order valence-electron chi connectivity index (χ0n) is 23.1. The highest BCUT2D eigenvalue weighted by Crippen LogP contribution is 2.45. The van der Waals surface area contributed by atoms with E-state index in [1.807, 2.05) is 19.9 Å². The van der Waals surface area contributed by atoms with Gasteiger partial charge in [-0.25, -0.2) is 0 Å². The van der Waals surface area contributed by atoms with Gasteiger partial charge in [0.2, 0.25) is 5.89 Å². The highest BCUT2D eigenvalue weighted by atomic mass is 35.5. The Balaban J connectivity index is 1.79. The van der Waals surface area contributed by atoms with Crippen LogP contribution < -0.4 is 14.4 Å². The second-order valence-electron chi connectivity index (χ2n) is 10.2. The third-order valence-corrected chi connectivity index (χ3v) is 7.60. The van der Waals surface area contributed by atoms with Crippen molar-refractivity contribution in [1.82, 2.24) is 10.1 Å². The normalized spacial score (nSPS) is 17.2. The minimum Gasteiger partial charge on any atom is -0.493 e. The summed E-state index contributed by atoms with van der Waals surface area (Å²) in [5.74, 6) is 0.208. The number of carbonyl (C=O) groups is 2. The smallest absolute Gasteiger partial charge is 0.313 e. The van der Waals surface area contributed by atoms with Crippen molar-refractivity contribution in [2.24, 2.45) is 5.41 Å². The van der Waals surface area contributed by atoms with E-state index in [0.717, 1.165) is 11.8 Å². The number of aliphatic hydroxyl groups is 1. The molecule has 220 valence electrons. The molecule has 0 spiro atoms. The third-order valence-electron chi connectivity index (χ3n) is 6.46. The van der Waals surface area contributed by atoms with Crippen molar-refractivity contribution < 1.29 is 38.5 Å². The van der Waals surface area contributed by atoms with E-state index in [1.165, 1.54) is 14.2 Å². The van der Waals surface area contributed by atoms with Crippen molar-refractivity contribution in [2.45, 2.75) is 38.2 Å². The molecule has 2 N–H and O–H groups in total. The number of aromatic nitrogens is 2. The summed E-state index contributed by atoms with van der Waals surface area (Å²) in [6, 6.07) is 10.6. The Kier molecular flexibility index (Phi) is 9.80. The van der Waals surface area contributed by atoms with E-state index in [0.29, 0.717) is 33.3 Å². The van der Waals surface area contributed by atoms with Crippen LogP contribution in [-0.4, -0.2) is 71.5 Å². The summed E-state index contributed by atoms with van der Waals surface area (Å²) in [5, 5.41) is 23.4. The number of thioether (sulfide) groups is 1. The zero-order valence-corrected chi connectivity index (χ0v) is 24.7. The molecule has 0 aliphatic carbocycles. The molecular weight excluding hydrogens is 574 g/mol. The lowest BCUT2D eigenvalue weighted by Gasteiger charge is -2.32. The molecule has 1 aromatic heterocycles. The average Bonchev–Trinajstić information content (AvgIpc) is 3.36. The Morgan fingerprint density at radius 3 is 2.66 bits per heavy atom. The highest BCUT2D eigenvalue weighted by Gasteiger charge is 2.40. The number of benzene rings is 2. The Morgan fingerprint density at radius 1 is 1.20 bits per heavy atom. The van der Waals surface area contributed by atoms with Gasteiger partial charge >= 0.3 is 5.97 Å². The van der Waals surface area contributed by atoms with Crippen molar-refractivity contribution >= 4 is 40.9 Å². The maximum atomic E-state index is 14.2. The number of rotatable bonds is 12. The van der Waals surface area contributed by atoms with E-state index in [-0.39, 0.29) is 48.7 Å². The number of anilines is 1. The molecule has 0 bridgehead atoms. The fourth-order valence-corrected chi connectivity index (χ4v) is 5.28. The van der Waals surface area contributed by atoms with Gasteiger partial charge in [0.15, 0.2) is 17.3 Å². The fourth-order valence-electron chi connectivity index (χ4n) is 4.53. The number of carboxylic acid groups (broad SMARTS) is 1. The summed E-state index contributed by atoms with van der Waals surface area (Å²) in [5.41, 5.74) is 1.20. The number of halogens is 1. The van der Waals surface area contributed by atoms with Gasteiger partial charge in [-0.05, 0) is 24.3 Å². The first kappa shape index (κ1) is 30.6. The number of carboxylic acids is 1. The van der Waals surface area contributed by atoms with E-state index < -0.39 is 23.6 Å². The summed E-state index contributed by atoms with van der Waals surface area (Å²) in [4.78, 5) is 31.0. The van der Waals surface area contributed by atoms with E-state index in [4.69, 9.17) is 35.4 Å². The van der Waals surface area contributed by atoms with E-state index in [2.05, 4.69) is 10.1 Å². The standard InChI is InChI=1S/C28H32ClN3O8S/c1-28(2,15-33)14-32-19-9-8-16(29)10-18(19)25(17-6-5-7-20(37-3)26(17)38-4)39-21(27(32)36)11-22-30-23(40-31-22)12-41-13-24(34)35/h5-10,21,25,33H,11-15H2,1-4H3,(H,34,35)/t21-,25-/m1/s1. The van der Waals surface area contributed by atoms with Gasteiger partial charge in [-0.15, -0.1) is 11.8 Å². The first-order valence-electron chi connectivity index (χ1n) is 12.8. The van der Waals surface area contributed by atoms with Gasteiger partial charge in [0.05, 0.1) is 25.7 Å². The number of hydrogen-bond donors (Lipinski definition) is 2. The molecule has 11 nitrogen and oxygen atoms in total. The van der Waals surface area contributed by atoms with E-state index in [9.17, 15) is 14.7 Å². The number of fused-ring (bicyclic) bond motifs is 1. The lowest BCUT2D eigenvalue weighted by atomic mass is 9.92. The molecule has 2 heterocycles. The largest absolute Gasteiger partial charge is 0.493 e. The van der Waals surface area contributed by atoms with Crippen LogP contribution in [0.3, 0.4) is 0 Å². The number of para-hydroxylation sites is 1. The van der Waals surface area contributed by atoms with Crippen LogP contribution >= 0.6 is 23.4 Å².